The van der Waals surface area contributed by atoms with Crippen LogP contribution in [-0.2, 0) is 4.79 Å². The first-order valence-corrected chi connectivity index (χ1v) is 11.6. The van der Waals surface area contributed by atoms with Crippen LogP contribution in [0.15, 0.2) is 48.5 Å². The molecule has 2 fully saturated rings. The molecule has 2 aromatic rings. The van der Waals surface area contributed by atoms with Crippen molar-refractivity contribution in [2.24, 2.45) is 0 Å². The fraction of sp³-hybridized carbons (Fsp3) is 0.500. The molecule has 2 aliphatic rings. The lowest BCUT2D eigenvalue weighted by molar-refractivity contribution is -0.135. The molecule has 0 aromatic heterocycles. The van der Waals surface area contributed by atoms with Crippen molar-refractivity contribution in [3.63, 3.8) is 0 Å². The molecule has 1 amide bonds. The number of phenols is 1. The van der Waals surface area contributed by atoms with Gasteiger partial charge in [0.25, 0.3) is 5.91 Å². The first-order valence-electron chi connectivity index (χ1n) is 11.6. The van der Waals surface area contributed by atoms with Crippen molar-refractivity contribution in [3.05, 3.63) is 59.7 Å². The Kier molecular flexibility index (Phi) is 7.13. The van der Waals surface area contributed by atoms with Crippen LogP contribution in [0.4, 0.5) is 0 Å². The fourth-order valence-corrected chi connectivity index (χ4v) is 4.83. The molecule has 1 N–H and O–H groups in total. The molecule has 1 aliphatic carbocycles. The van der Waals surface area contributed by atoms with E-state index in [0.717, 1.165) is 32.1 Å². The summed E-state index contributed by atoms with van der Waals surface area (Å²) < 4.78 is 5.56. The van der Waals surface area contributed by atoms with Crippen molar-refractivity contribution in [1.29, 1.82) is 0 Å². The summed E-state index contributed by atoms with van der Waals surface area (Å²) in [4.78, 5) is 16.8. The number of phenolic OH excluding ortho intramolecular Hbond substituents is 1. The molecule has 0 bridgehead atoms. The van der Waals surface area contributed by atoms with Gasteiger partial charge in [-0.05, 0) is 61.1 Å². The van der Waals surface area contributed by atoms with Gasteiger partial charge in [0.05, 0.1) is 0 Å². The van der Waals surface area contributed by atoms with Gasteiger partial charge >= 0.3 is 0 Å². The zero-order valence-electron chi connectivity index (χ0n) is 18.5. The molecule has 4 rings (SSSR count). The number of hydrogen-bond acceptors (Lipinski definition) is 4. The molecule has 1 saturated carbocycles. The number of carbonyl (C=O) groups excluding carboxylic acids is 1. The predicted molar refractivity (Wildman–Crippen MR) is 122 cm³/mol. The van der Waals surface area contributed by atoms with Crippen LogP contribution in [0, 0.1) is 0 Å². The number of rotatable bonds is 6. The number of ether oxygens (including phenoxy) is 1. The Bertz CT molecular complexity index is 836. The second-order valence-electron chi connectivity index (χ2n) is 8.88. The van der Waals surface area contributed by atoms with E-state index in [4.69, 9.17) is 4.74 Å². The third-order valence-corrected chi connectivity index (χ3v) is 6.91. The second-order valence-corrected chi connectivity index (χ2v) is 8.88. The van der Waals surface area contributed by atoms with Crippen LogP contribution in [0.25, 0.3) is 0 Å². The van der Waals surface area contributed by atoms with E-state index in [1.54, 1.807) is 24.3 Å². The summed E-state index contributed by atoms with van der Waals surface area (Å²) in [6.07, 6.45) is 6.79. The van der Waals surface area contributed by atoms with Crippen molar-refractivity contribution in [1.82, 2.24) is 9.80 Å². The summed E-state index contributed by atoms with van der Waals surface area (Å²) in [5.74, 6) is 1.54. The van der Waals surface area contributed by atoms with E-state index in [1.807, 2.05) is 4.90 Å². The lowest BCUT2D eigenvalue weighted by Gasteiger charge is -2.38. The average Bonchev–Trinajstić information content (AvgIpc) is 2.84. The van der Waals surface area contributed by atoms with Crippen molar-refractivity contribution >= 4 is 5.91 Å². The number of amides is 1. The number of piperazine rings is 1. The van der Waals surface area contributed by atoms with E-state index in [0.29, 0.717) is 11.8 Å². The highest BCUT2D eigenvalue weighted by Gasteiger charge is 2.25. The standard InChI is InChI=1S/C26H34N2O3/c1-20(21-7-9-23(10-8-21)22-5-3-2-4-6-22)27-15-17-28(18-16-27)26(30)19-31-25-13-11-24(29)12-14-25/h7-14,20,22,29H,2-6,15-19H2,1H3. The van der Waals surface area contributed by atoms with Crippen LogP contribution in [0.5, 0.6) is 11.5 Å². The Labute approximate surface area is 185 Å². The molecule has 1 saturated heterocycles. The SMILES string of the molecule is CC(c1ccc(C2CCCCC2)cc1)N1CCN(C(=O)COc2ccc(O)cc2)CC1. The predicted octanol–water partition coefficient (Wildman–Crippen LogP) is 4.72. The maximum absolute atomic E-state index is 12.5. The molecule has 1 atom stereocenters. The fourth-order valence-electron chi connectivity index (χ4n) is 4.83. The minimum atomic E-state index is 0.0113. The Morgan fingerprint density at radius 1 is 0.968 bits per heavy atom. The number of aromatic hydroxyl groups is 1. The van der Waals surface area contributed by atoms with Gasteiger partial charge in [0, 0.05) is 32.2 Å². The lowest BCUT2D eigenvalue weighted by atomic mass is 9.83. The number of carbonyl (C=O) groups is 1. The van der Waals surface area contributed by atoms with E-state index in [-0.39, 0.29) is 18.3 Å². The maximum Gasteiger partial charge on any atom is 0.260 e. The minimum Gasteiger partial charge on any atom is -0.508 e. The van der Waals surface area contributed by atoms with Gasteiger partial charge < -0.3 is 14.7 Å². The monoisotopic (exact) mass is 422 g/mol. The molecule has 31 heavy (non-hydrogen) atoms. The lowest BCUT2D eigenvalue weighted by Crippen LogP contribution is -2.50. The van der Waals surface area contributed by atoms with Crippen molar-refractivity contribution in [3.8, 4) is 11.5 Å². The van der Waals surface area contributed by atoms with Gasteiger partial charge in [-0.3, -0.25) is 9.69 Å². The van der Waals surface area contributed by atoms with Crippen molar-refractivity contribution in [2.75, 3.05) is 32.8 Å². The van der Waals surface area contributed by atoms with Crippen LogP contribution < -0.4 is 4.74 Å². The molecule has 2 aromatic carbocycles. The van der Waals surface area contributed by atoms with E-state index in [1.165, 1.54) is 43.2 Å². The van der Waals surface area contributed by atoms with Crippen LogP contribution in [0.3, 0.4) is 0 Å². The van der Waals surface area contributed by atoms with Crippen LogP contribution >= 0.6 is 0 Å². The zero-order chi connectivity index (χ0) is 21.6. The molecule has 1 aliphatic heterocycles. The quantitative estimate of drug-likeness (QED) is 0.732. The van der Waals surface area contributed by atoms with Crippen molar-refractivity contribution in [2.45, 2.75) is 51.0 Å². The highest BCUT2D eigenvalue weighted by molar-refractivity contribution is 5.77. The van der Waals surface area contributed by atoms with E-state index >= 15 is 0 Å². The van der Waals surface area contributed by atoms with Gasteiger partial charge in [0.15, 0.2) is 6.61 Å². The zero-order valence-corrected chi connectivity index (χ0v) is 18.5. The Balaban J connectivity index is 1.25. The minimum absolute atomic E-state index is 0.0113. The molecule has 1 heterocycles. The number of hydrogen-bond donors (Lipinski definition) is 1. The molecule has 166 valence electrons. The van der Waals surface area contributed by atoms with E-state index in [9.17, 15) is 9.90 Å². The third kappa shape index (κ3) is 5.59. The van der Waals surface area contributed by atoms with Gasteiger partial charge in [-0.25, -0.2) is 0 Å². The molecule has 5 heteroatoms. The average molecular weight is 423 g/mol. The molecular formula is C26H34N2O3. The summed E-state index contributed by atoms with van der Waals surface area (Å²) in [5, 5.41) is 9.33. The molecular weight excluding hydrogens is 388 g/mol. The molecule has 5 nitrogen and oxygen atoms in total. The number of benzene rings is 2. The summed E-state index contributed by atoms with van der Waals surface area (Å²) in [6, 6.07) is 16.1. The molecule has 1 unspecified atom stereocenters. The van der Waals surface area contributed by atoms with E-state index < -0.39 is 0 Å². The number of nitrogens with zero attached hydrogens (tertiary/aromatic N) is 2. The molecule has 0 radical (unpaired) electrons. The molecule has 0 spiro atoms. The van der Waals surface area contributed by atoms with Gasteiger partial charge in [-0.2, -0.15) is 0 Å². The van der Waals surface area contributed by atoms with Gasteiger partial charge in [0.2, 0.25) is 0 Å². The summed E-state index contributed by atoms with van der Waals surface area (Å²) in [7, 11) is 0. The topological polar surface area (TPSA) is 53.0 Å². The Hall–Kier alpha value is -2.53. The van der Waals surface area contributed by atoms with Crippen molar-refractivity contribution < 1.29 is 14.6 Å². The largest absolute Gasteiger partial charge is 0.508 e. The normalized spacial score (nSPS) is 19.2. The third-order valence-electron chi connectivity index (χ3n) is 6.91. The summed E-state index contributed by atoms with van der Waals surface area (Å²) in [5.41, 5.74) is 2.86. The van der Waals surface area contributed by atoms with Gasteiger partial charge in [-0.15, -0.1) is 0 Å². The highest BCUT2D eigenvalue weighted by Crippen LogP contribution is 2.33. The van der Waals surface area contributed by atoms with Crippen LogP contribution in [0.2, 0.25) is 0 Å². The Morgan fingerprint density at radius 2 is 1.61 bits per heavy atom. The van der Waals surface area contributed by atoms with Gasteiger partial charge in [0.1, 0.15) is 11.5 Å². The first-order chi connectivity index (χ1) is 15.1. The van der Waals surface area contributed by atoms with Crippen LogP contribution in [-0.4, -0.2) is 53.6 Å². The van der Waals surface area contributed by atoms with E-state index in [2.05, 4.69) is 36.1 Å². The Morgan fingerprint density at radius 3 is 2.26 bits per heavy atom. The maximum atomic E-state index is 12.5. The second kappa shape index (κ2) is 10.2. The smallest absolute Gasteiger partial charge is 0.260 e. The van der Waals surface area contributed by atoms with Gasteiger partial charge in [-0.1, -0.05) is 43.5 Å². The summed E-state index contributed by atoms with van der Waals surface area (Å²) in [6.45, 7) is 5.49. The first kappa shape index (κ1) is 21.7. The highest BCUT2D eigenvalue weighted by atomic mass is 16.5. The summed E-state index contributed by atoms with van der Waals surface area (Å²) >= 11 is 0. The van der Waals surface area contributed by atoms with Crippen LogP contribution in [0.1, 0.15) is 62.1 Å².